The molecule has 28 heavy (non-hydrogen) atoms. The second-order valence-electron chi connectivity index (χ2n) is 6.16. The molecule has 6 nitrogen and oxygen atoms in total. The van der Waals surface area contributed by atoms with Crippen LogP contribution in [0.15, 0.2) is 58.1 Å². The Kier molecular flexibility index (Phi) is 5.34. The Labute approximate surface area is 156 Å². The summed E-state index contributed by atoms with van der Waals surface area (Å²) in [5, 5.41) is 2.86. The normalized spacial score (nSPS) is 11.5. The van der Waals surface area contributed by atoms with E-state index in [1.165, 1.54) is 12.1 Å². The van der Waals surface area contributed by atoms with E-state index in [1.54, 1.807) is 24.3 Å². The van der Waals surface area contributed by atoms with Gasteiger partial charge in [-0.15, -0.1) is 0 Å². The molecule has 0 bridgehead atoms. The number of benzene rings is 2. The van der Waals surface area contributed by atoms with Crippen molar-refractivity contribution in [1.29, 1.82) is 0 Å². The highest BCUT2D eigenvalue weighted by Crippen LogP contribution is 2.29. The zero-order valence-corrected chi connectivity index (χ0v) is 14.5. The number of H-pyrrole nitrogens is 1. The molecule has 0 saturated carbocycles. The highest BCUT2D eigenvalue weighted by molar-refractivity contribution is 5.90. The average molecular weight is 391 g/mol. The lowest BCUT2D eigenvalue weighted by atomic mass is 10.2. The summed E-state index contributed by atoms with van der Waals surface area (Å²) in [7, 11) is 0. The first-order valence-corrected chi connectivity index (χ1v) is 8.45. The SMILES string of the molecule is O=C(CCCn1c(=O)[nH]c2ccccc2c1=O)Nc1ccc(C(F)(F)F)cc1. The Morgan fingerprint density at radius 2 is 1.71 bits per heavy atom. The summed E-state index contributed by atoms with van der Waals surface area (Å²) in [4.78, 5) is 39.0. The second kappa shape index (κ2) is 7.71. The van der Waals surface area contributed by atoms with Gasteiger partial charge in [0, 0.05) is 18.7 Å². The van der Waals surface area contributed by atoms with Crippen LogP contribution >= 0.6 is 0 Å². The number of hydrogen-bond acceptors (Lipinski definition) is 3. The van der Waals surface area contributed by atoms with Crippen LogP contribution in [0.2, 0.25) is 0 Å². The van der Waals surface area contributed by atoms with Crippen molar-refractivity contribution < 1.29 is 18.0 Å². The van der Waals surface area contributed by atoms with Gasteiger partial charge in [0.2, 0.25) is 5.91 Å². The lowest BCUT2D eigenvalue weighted by Crippen LogP contribution is -2.35. The number of carbonyl (C=O) groups is 1. The molecule has 9 heteroatoms. The number of rotatable bonds is 5. The summed E-state index contributed by atoms with van der Waals surface area (Å²) in [6.07, 6.45) is -4.23. The van der Waals surface area contributed by atoms with Crippen molar-refractivity contribution >= 4 is 22.5 Å². The molecule has 0 aliphatic carbocycles. The third-order valence-electron chi connectivity index (χ3n) is 4.17. The Morgan fingerprint density at radius 3 is 2.39 bits per heavy atom. The minimum absolute atomic E-state index is 0.000269. The maximum atomic E-state index is 12.5. The van der Waals surface area contributed by atoms with Gasteiger partial charge in [0.05, 0.1) is 16.5 Å². The quantitative estimate of drug-likeness (QED) is 0.701. The number of alkyl halides is 3. The predicted molar refractivity (Wildman–Crippen MR) is 98.1 cm³/mol. The van der Waals surface area contributed by atoms with E-state index in [2.05, 4.69) is 10.3 Å². The van der Waals surface area contributed by atoms with Gasteiger partial charge in [-0.25, -0.2) is 4.79 Å². The molecular formula is C19H16F3N3O3. The first kappa shape index (κ1) is 19.4. The number of nitrogens with one attached hydrogen (secondary N) is 2. The molecule has 0 spiro atoms. The van der Waals surface area contributed by atoms with Crippen LogP contribution in [0, 0.1) is 0 Å². The van der Waals surface area contributed by atoms with Gasteiger partial charge in [-0.05, 0) is 42.8 Å². The average Bonchev–Trinajstić information content (AvgIpc) is 2.64. The maximum Gasteiger partial charge on any atom is 0.416 e. The fraction of sp³-hybridized carbons (Fsp3) is 0.211. The predicted octanol–water partition coefficient (Wildman–Crippen LogP) is 3.13. The smallest absolute Gasteiger partial charge is 0.326 e. The summed E-state index contributed by atoms with van der Waals surface area (Å²) >= 11 is 0. The highest BCUT2D eigenvalue weighted by atomic mass is 19.4. The van der Waals surface area contributed by atoms with E-state index in [4.69, 9.17) is 0 Å². The Bertz CT molecular complexity index is 1120. The zero-order valence-electron chi connectivity index (χ0n) is 14.5. The van der Waals surface area contributed by atoms with Crippen LogP contribution in [-0.2, 0) is 17.5 Å². The van der Waals surface area contributed by atoms with E-state index >= 15 is 0 Å². The van der Waals surface area contributed by atoms with Gasteiger partial charge in [0.25, 0.3) is 5.56 Å². The van der Waals surface area contributed by atoms with Crippen LogP contribution in [0.25, 0.3) is 10.9 Å². The third kappa shape index (κ3) is 4.30. The van der Waals surface area contributed by atoms with Crippen molar-refractivity contribution in [2.45, 2.75) is 25.6 Å². The molecule has 0 fully saturated rings. The highest BCUT2D eigenvalue weighted by Gasteiger charge is 2.29. The number of nitrogens with zero attached hydrogens (tertiary/aromatic N) is 1. The summed E-state index contributed by atoms with van der Waals surface area (Å²) in [6.45, 7) is 0.0411. The van der Waals surface area contributed by atoms with Gasteiger partial charge in [0.1, 0.15) is 0 Å². The van der Waals surface area contributed by atoms with E-state index in [1.807, 2.05) is 0 Å². The molecule has 0 aliphatic heterocycles. The van der Waals surface area contributed by atoms with Crippen molar-refractivity contribution in [3.63, 3.8) is 0 Å². The van der Waals surface area contributed by atoms with Crippen molar-refractivity contribution in [2.75, 3.05) is 5.32 Å². The summed E-state index contributed by atoms with van der Waals surface area (Å²) in [6, 6.07) is 10.7. The molecule has 2 aromatic carbocycles. The van der Waals surface area contributed by atoms with E-state index in [0.717, 1.165) is 16.7 Å². The topological polar surface area (TPSA) is 84.0 Å². The third-order valence-corrected chi connectivity index (χ3v) is 4.17. The van der Waals surface area contributed by atoms with Crippen molar-refractivity contribution in [2.24, 2.45) is 0 Å². The molecule has 0 aliphatic rings. The van der Waals surface area contributed by atoms with Crippen LogP contribution in [0.4, 0.5) is 18.9 Å². The zero-order chi connectivity index (χ0) is 20.3. The van der Waals surface area contributed by atoms with E-state index < -0.39 is 28.9 Å². The first-order valence-electron chi connectivity index (χ1n) is 8.45. The Balaban J connectivity index is 1.61. The lowest BCUT2D eigenvalue weighted by Gasteiger charge is -2.09. The van der Waals surface area contributed by atoms with Gasteiger partial charge in [-0.2, -0.15) is 13.2 Å². The first-order chi connectivity index (χ1) is 13.3. The van der Waals surface area contributed by atoms with Crippen LogP contribution < -0.4 is 16.6 Å². The van der Waals surface area contributed by atoms with Crippen molar-refractivity contribution in [3.8, 4) is 0 Å². The van der Waals surface area contributed by atoms with Crippen molar-refractivity contribution in [3.05, 3.63) is 74.9 Å². The summed E-state index contributed by atoms with van der Waals surface area (Å²) in [5.41, 5.74) is -1.14. The summed E-state index contributed by atoms with van der Waals surface area (Å²) in [5.74, 6) is -0.426. The molecular weight excluding hydrogens is 375 g/mol. The number of carbonyl (C=O) groups excluding carboxylic acids is 1. The molecule has 3 aromatic rings. The largest absolute Gasteiger partial charge is 0.416 e. The van der Waals surface area contributed by atoms with Crippen LogP contribution in [0.3, 0.4) is 0 Å². The van der Waals surface area contributed by atoms with Gasteiger partial charge in [-0.1, -0.05) is 12.1 Å². The Morgan fingerprint density at radius 1 is 1.04 bits per heavy atom. The molecule has 0 unspecified atom stereocenters. The number of amides is 1. The number of aromatic nitrogens is 2. The molecule has 3 rings (SSSR count). The molecule has 0 radical (unpaired) electrons. The minimum atomic E-state index is -4.44. The monoisotopic (exact) mass is 391 g/mol. The second-order valence-corrected chi connectivity index (χ2v) is 6.16. The van der Waals surface area contributed by atoms with Gasteiger partial charge in [0.15, 0.2) is 0 Å². The van der Waals surface area contributed by atoms with Crippen molar-refractivity contribution in [1.82, 2.24) is 9.55 Å². The van der Waals surface area contributed by atoms with Crippen LogP contribution in [0.5, 0.6) is 0 Å². The molecule has 2 N–H and O–H groups in total. The van der Waals surface area contributed by atoms with Crippen LogP contribution in [-0.4, -0.2) is 15.5 Å². The van der Waals surface area contributed by atoms with E-state index in [-0.39, 0.29) is 25.1 Å². The number of fused-ring (bicyclic) bond motifs is 1. The van der Waals surface area contributed by atoms with Gasteiger partial charge >= 0.3 is 11.9 Å². The van der Waals surface area contributed by atoms with Gasteiger partial charge in [-0.3, -0.25) is 14.2 Å². The molecule has 146 valence electrons. The Hall–Kier alpha value is -3.36. The maximum absolute atomic E-state index is 12.5. The summed E-state index contributed by atoms with van der Waals surface area (Å²) < 4.78 is 38.6. The van der Waals surface area contributed by atoms with E-state index in [9.17, 15) is 27.6 Å². The molecule has 1 heterocycles. The van der Waals surface area contributed by atoms with E-state index in [0.29, 0.717) is 10.9 Å². The number of para-hydroxylation sites is 1. The molecule has 1 aromatic heterocycles. The fourth-order valence-corrected chi connectivity index (χ4v) is 2.77. The minimum Gasteiger partial charge on any atom is -0.326 e. The number of anilines is 1. The molecule has 0 atom stereocenters. The standard InChI is InChI=1S/C19H16F3N3O3/c20-19(21,22)12-7-9-13(10-8-12)23-16(26)6-3-11-25-17(27)14-4-1-2-5-15(14)24-18(25)28/h1-2,4-5,7-10H,3,6,11H2,(H,23,26)(H,24,28). The van der Waals surface area contributed by atoms with Gasteiger partial charge < -0.3 is 10.3 Å². The molecule has 1 amide bonds. The molecule has 0 saturated heterocycles. The number of aromatic amines is 1. The fourth-order valence-electron chi connectivity index (χ4n) is 2.77. The van der Waals surface area contributed by atoms with Crippen LogP contribution in [0.1, 0.15) is 18.4 Å². The lowest BCUT2D eigenvalue weighted by molar-refractivity contribution is -0.137. The number of halogens is 3. The number of hydrogen-bond donors (Lipinski definition) is 2.